The van der Waals surface area contributed by atoms with Crippen molar-refractivity contribution >= 4 is 38.6 Å². The van der Waals surface area contributed by atoms with Crippen LogP contribution in [0.25, 0.3) is 77.2 Å². The zero-order valence-corrected chi connectivity index (χ0v) is 38.6. The Labute approximate surface area is 409 Å². The molecular weight excluding hydrogens is 843 g/mol. The van der Waals surface area contributed by atoms with E-state index in [0.717, 1.165) is 28.2 Å². The normalized spacial score (nSPS) is 12.4. The highest BCUT2D eigenvalue weighted by Crippen LogP contribution is 2.58. The molecule has 0 radical (unpaired) electrons. The Morgan fingerprint density at radius 2 is 0.614 bits per heavy atom. The first kappa shape index (κ1) is 41.2. The summed E-state index contributed by atoms with van der Waals surface area (Å²) in [6.07, 6.45) is 0. The molecule has 0 aliphatic heterocycles. The third kappa shape index (κ3) is 6.62. The lowest BCUT2D eigenvalue weighted by Crippen LogP contribution is -2.28. The molecule has 1 heteroatoms. The number of hydrogen-bond acceptors (Lipinski definition) is 1. The Morgan fingerprint density at radius 1 is 0.243 bits per heavy atom. The number of benzene rings is 12. The Bertz CT molecular complexity index is 3660. The van der Waals surface area contributed by atoms with Gasteiger partial charge in [0.25, 0.3) is 0 Å². The fourth-order valence-corrected chi connectivity index (χ4v) is 11.6. The second-order valence-electron chi connectivity index (χ2n) is 18.3. The molecule has 13 rings (SSSR count). The van der Waals surface area contributed by atoms with Crippen LogP contribution >= 0.6 is 0 Å². The van der Waals surface area contributed by atoms with E-state index in [-0.39, 0.29) is 0 Å². The number of anilines is 3. The van der Waals surface area contributed by atoms with Crippen molar-refractivity contribution in [3.63, 3.8) is 0 Å². The van der Waals surface area contributed by atoms with Gasteiger partial charge >= 0.3 is 0 Å². The van der Waals surface area contributed by atoms with Crippen molar-refractivity contribution in [3.8, 4) is 55.6 Å². The lowest BCUT2D eigenvalue weighted by molar-refractivity contribution is 0.768. The van der Waals surface area contributed by atoms with Crippen molar-refractivity contribution in [1.82, 2.24) is 0 Å². The van der Waals surface area contributed by atoms with Crippen molar-refractivity contribution in [2.45, 2.75) is 5.41 Å². The van der Waals surface area contributed by atoms with E-state index in [2.05, 4.69) is 290 Å². The Kier molecular flexibility index (Phi) is 10.1. The van der Waals surface area contributed by atoms with Gasteiger partial charge in [-0.3, -0.25) is 0 Å². The van der Waals surface area contributed by atoms with Crippen LogP contribution in [0.4, 0.5) is 17.1 Å². The molecule has 12 aromatic carbocycles. The van der Waals surface area contributed by atoms with Crippen molar-refractivity contribution in [2.75, 3.05) is 4.90 Å². The van der Waals surface area contributed by atoms with E-state index in [9.17, 15) is 0 Å². The molecule has 0 bridgehead atoms. The topological polar surface area (TPSA) is 3.24 Å². The third-order valence-corrected chi connectivity index (χ3v) is 14.5. The van der Waals surface area contributed by atoms with Crippen molar-refractivity contribution in [3.05, 3.63) is 307 Å². The first-order valence-electron chi connectivity index (χ1n) is 24.3. The Morgan fingerprint density at radius 3 is 1.10 bits per heavy atom. The fourth-order valence-electron chi connectivity index (χ4n) is 11.6. The quantitative estimate of drug-likeness (QED) is 0.140. The summed E-state index contributed by atoms with van der Waals surface area (Å²) in [5.74, 6) is 0. The second-order valence-corrected chi connectivity index (χ2v) is 18.3. The average Bonchev–Trinajstić information content (AvgIpc) is 3.74. The van der Waals surface area contributed by atoms with Gasteiger partial charge in [-0.15, -0.1) is 0 Å². The first-order chi connectivity index (χ1) is 34.8. The van der Waals surface area contributed by atoms with Gasteiger partial charge in [-0.1, -0.05) is 261 Å². The minimum absolute atomic E-state index is 0.574. The van der Waals surface area contributed by atoms with Gasteiger partial charge in [0, 0.05) is 16.8 Å². The van der Waals surface area contributed by atoms with Gasteiger partial charge in [-0.05, 0) is 113 Å². The standard InChI is InChI=1S/C69H47N/c1-5-23-48(24-6-1)55-38-19-27-50-29-21-40-61(67(50)55)59-36-14-17-43-65(59)70(66-44-18-15-37-60(66)62-41-22-30-51-28-20-39-56(68(51)62)49-25-7-2-8-26-49)54-45-46-58-57-35-13-16-42-63(57)69(64(58)47-54,52-31-9-3-10-32-52)53-33-11-4-12-34-53/h1-47H. The average molecular weight is 890 g/mol. The molecule has 1 nitrogen and oxygen atoms in total. The first-order valence-corrected chi connectivity index (χ1v) is 24.3. The van der Waals surface area contributed by atoms with E-state index >= 15 is 0 Å². The molecule has 0 spiro atoms. The zero-order chi connectivity index (χ0) is 46.4. The minimum atomic E-state index is -0.574. The van der Waals surface area contributed by atoms with E-state index in [1.807, 2.05) is 0 Å². The molecule has 12 aromatic rings. The van der Waals surface area contributed by atoms with Crippen LogP contribution in [0.3, 0.4) is 0 Å². The molecule has 0 atom stereocenters. The molecule has 0 N–H and O–H groups in total. The van der Waals surface area contributed by atoms with Crippen LogP contribution in [0.5, 0.6) is 0 Å². The van der Waals surface area contributed by atoms with Crippen LogP contribution in [0, 0.1) is 0 Å². The number of para-hydroxylation sites is 2. The molecule has 1 aliphatic carbocycles. The molecular formula is C69H47N. The molecule has 0 heterocycles. The zero-order valence-electron chi connectivity index (χ0n) is 38.6. The smallest absolute Gasteiger partial charge is 0.0714 e. The summed E-state index contributed by atoms with van der Waals surface area (Å²) >= 11 is 0. The molecule has 0 amide bonds. The summed E-state index contributed by atoms with van der Waals surface area (Å²) in [5.41, 5.74) is 19.7. The monoisotopic (exact) mass is 889 g/mol. The van der Waals surface area contributed by atoms with E-state index in [1.165, 1.54) is 88.3 Å². The van der Waals surface area contributed by atoms with Crippen LogP contribution in [-0.2, 0) is 5.41 Å². The second kappa shape index (κ2) is 17.2. The highest BCUT2D eigenvalue weighted by atomic mass is 15.1. The third-order valence-electron chi connectivity index (χ3n) is 14.5. The number of hydrogen-bond donors (Lipinski definition) is 0. The predicted molar refractivity (Wildman–Crippen MR) is 295 cm³/mol. The number of nitrogens with zero attached hydrogens (tertiary/aromatic N) is 1. The lowest BCUT2D eigenvalue weighted by Gasteiger charge is -2.35. The summed E-state index contributed by atoms with van der Waals surface area (Å²) < 4.78 is 0. The summed E-state index contributed by atoms with van der Waals surface area (Å²) in [6.45, 7) is 0. The van der Waals surface area contributed by atoms with E-state index in [1.54, 1.807) is 0 Å². The molecule has 328 valence electrons. The highest BCUT2D eigenvalue weighted by molar-refractivity contribution is 6.11. The maximum atomic E-state index is 2.54. The maximum absolute atomic E-state index is 2.54. The molecule has 70 heavy (non-hydrogen) atoms. The van der Waals surface area contributed by atoms with Crippen LogP contribution < -0.4 is 4.90 Å². The van der Waals surface area contributed by atoms with E-state index in [4.69, 9.17) is 0 Å². The summed E-state index contributed by atoms with van der Waals surface area (Å²) in [7, 11) is 0. The minimum Gasteiger partial charge on any atom is -0.309 e. The van der Waals surface area contributed by atoms with Gasteiger partial charge < -0.3 is 4.90 Å². The van der Waals surface area contributed by atoms with Gasteiger partial charge in [0.05, 0.1) is 16.8 Å². The van der Waals surface area contributed by atoms with Gasteiger partial charge in [0.1, 0.15) is 0 Å². The molecule has 0 saturated heterocycles. The molecule has 0 saturated carbocycles. The van der Waals surface area contributed by atoms with Crippen molar-refractivity contribution in [1.29, 1.82) is 0 Å². The predicted octanol–water partition coefficient (Wildman–Crippen LogP) is 18.5. The SMILES string of the molecule is c1ccc(-c2cccc3cccc(-c4ccccc4N(c4ccc5c(c4)C(c4ccccc4)(c4ccccc4)c4ccccc4-5)c4ccccc4-c4cccc5cccc(-c6ccccc6)c45)c23)cc1. The van der Waals surface area contributed by atoms with E-state index in [0.29, 0.717) is 0 Å². The fraction of sp³-hybridized carbons (Fsp3) is 0.0145. The Hall–Kier alpha value is -9.04. The van der Waals surface area contributed by atoms with Crippen LogP contribution in [0.1, 0.15) is 22.3 Å². The molecule has 1 aliphatic rings. The summed E-state index contributed by atoms with van der Waals surface area (Å²) in [4.78, 5) is 2.54. The Balaban J connectivity index is 1.13. The number of fused-ring (bicyclic) bond motifs is 5. The maximum Gasteiger partial charge on any atom is 0.0714 e. The number of rotatable bonds is 9. The van der Waals surface area contributed by atoms with Gasteiger partial charge in [0.2, 0.25) is 0 Å². The van der Waals surface area contributed by atoms with Crippen LogP contribution in [0.2, 0.25) is 0 Å². The van der Waals surface area contributed by atoms with Gasteiger partial charge in [-0.25, -0.2) is 0 Å². The van der Waals surface area contributed by atoms with Crippen molar-refractivity contribution < 1.29 is 0 Å². The van der Waals surface area contributed by atoms with Crippen LogP contribution in [0.15, 0.2) is 285 Å². The van der Waals surface area contributed by atoms with Crippen molar-refractivity contribution in [2.24, 2.45) is 0 Å². The van der Waals surface area contributed by atoms with Crippen LogP contribution in [-0.4, -0.2) is 0 Å². The van der Waals surface area contributed by atoms with E-state index < -0.39 is 5.41 Å². The molecule has 0 unspecified atom stereocenters. The highest BCUT2D eigenvalue weighted by Gasteiger charge is 2.46. The summed E-state index contributed by atoms with van der Waals surface area (Å²) in [5, 5.41) is 4.87. The summed E-state index contributed by atoms with van der Waals surface area (Å²) in [6, 6.07) is 105. The molecule has 0 fully saturated rings. The van der Waals surface area contributed by atoms with Gasteiger partial charge in [0.15, 0.2) is 0 Å². The largest absolute Gasteiger partial charge is 0.309 e. The molecule has 0 aromatic heterocycles. The lowest BCUT2D eigenvalue weighted by atomic mass is 9.67. The van der Waals surface area contributed by atoms with Gasteiger partial charge in [-0.2, -0.15) is 0 Å².